The molecule has 1 saturated heterocycles. The van der Waals surface area contributed by atoms with E-state index in [4.69, 9.17) is 13.9 Å². The molecule has 0 radical (unpaired) electrons. The molecule has 1 atom stereocenters. The number of para-hydroxylation sites is 1. The number of carbonyl (C=O) groups is 1. The number of hydrogen-bond acceptors (Lipinski definition) is 5. The van der Waals surface area contributed by atoms with E-state index in [0.29, 0.717) is 6.54 Å². The fourth-order valence-corrected chi connectivity index (χ4v) is 4.20. The highest BCUT2D eigenvalue weighted by Gasteiger charge is 2.26. The lowest BCUT2D eigenvalue weighted by atomic mass is 10.0. The minimum Gasteiger partial charge on any atom is -0.497 e. The maximum Gasteiger partial charge on any atom is 0.224 e. The Morgan fingerprint density at radius 3 is 2.70 bits per heavy atom. The summed E-state index contributed by atoms with van der Waals surface area (Å²) in [4.78, 5) is 15.2. The molecular formula is C24H28N2O4. The third kappa shape index (κ3) is 4.28. The van der Waals surface area contributed by atoms with Gasteiger partial charge in [-0.3, -0.25) is 9.69 Å². The summed E-state index contributed by atoms with van der Waals surface area (Å²) in [5.74, 6) is 1.57. The van der Waals surface area contributed by atoms with E-state index in [2.05, 4.69) is 16.3 Å². The number of nitrogens with one attached hydrogen (secondary N) is 1. The maximum atomic E-state index is 12.8. The Balaban J connectivity index is 1.46. The second-order valence-electron chi connectivity index (χ2n) is 7.60. The first-order chi connectivity index (χ1) is 14.7. The molecule has 1 N–H and O–H groups in total. The molecule has 6 nitrogen and oxygen atoms in total. The summed E-state index contributed by atoms with van der Waals surface area (Å²) >= 11 is 0. The number of benzene rings is 2. The molecule has 0 bridgehead atoms. The molecule has 158 valence electrons. The van der Waals surface area contributed by atoms with Crippen LogP contribution in [0.4, 0.5) is 0 Å². The van der Waals surface area contributed by atoms with Crippen molar-refractivity contribution in [2.24, 2.45) is 0 Å². The number of ether oxygens (including phenoxy) is 2. The van der Waals surface area contributed by atoms with Crippen LogP contribution in [0.25, 0.3) is 11.0 Å². The van der Waals surface area contributed by atoms with E-state index in [1.807, 2.05) is 36.4 Å². The zero-order chi connectivity index (χ0) is 20.9. The van der Waals surface area contributed by atoms with Gasteiger partial charge in [-0.2, -0.15) is 0 Å². The summed E-state index contributed by atoms with van der Waals surface area (Å²) < 4.78 is 16.4. The Kier molecular flexibility index (Phi) is 6.23. The van der Waals surface area contributed by atoms with Crippen LogP contribution in [0, 0.1) is 0 Å². The predicted molar refractivity (Wildman–Crippen MR) is 116 cm³/mol. The van der Waals surface area contributed by atoms with Crippen LogP contribution >= 0.6 is 0 Å². The highest BCUT2D eigenvalue weighted by atomic mass is 16.5. The number of methoxy groups -OCH3 is 2. The van der Waals surface area contributed by atoms with Crippen molar-refractivity contribution in [1.29, 1.82) is 0 Å². The molecule has 1 unspecified atom stereocenters. The molecule has 0 saturated carbocycles. The number of amides is 1. The van der Waals surface area contributed by atoms with Gasteiger partial charge in [0, 0.05) is 29.1 Å². The summed E-state index contributed by atoms with van der Waals surface area (Å²) in [5, 5.41) is 4.07. The Morgan fingerprint density at radius 2 is 1.93 bits per heavy atom. The molecule has 1 amide bonds. The number of hydrogen-bond donors (Lipinski definition) is 1. The van der Waals surface area contributed by atoms with E-state index >= 15 is 0 Å². The Morgan fingerprint density at radius 1 is 1.13 bits per heavy atom. The summed E-state index contributed by atoms with van der Waals surface area (Å²) in [5.41, 5.74) is 2.71. The fraction of sp³-hybridized carbons (Fsp3) is 0.375. The molecule has 4 rings (SSSR count). The molecule has 2 aromatic carbocycles. The Labute approximate surface area is 176 Å². The van der Waals surface area contributed by atoms with Crippen LogP contribution in [-0.4, -0.2) is 44.7 Å². The fourth-order valence-electron chi connectivity index (χ4n) is 4.20. The van der Waals surface area contributed by atoms with Crippen molar-refractivity contribution < 1.29 is 18.7 Å². The molecule has 6 heteroatoms. The summed E-state index contributed by atoms with van der Waals surface area (Å²) in [6, 6.07) is 13.8. The Hall–Kier alpha value is -2.99. The van der Waals surface area contributed by atoms with Crippen molar-refractivity contribution in [3.05, 3.63) is 59.9 Å². The van der Waals surface area contributed by atoms with Crippen molar-refractivity contribution in [2.75, 3.05) is 33.9 Å². The minimum atomic E-state index is -0.0207. The van der Waals surface area contributed by atoms with Gasteiger partial charge >= 0.3 is 0 Å². The minimum absolute atomic E-state index is 0.0207. The average molecular weight is 408 g/mol. The van der Waals surface area contributed by atoms with E-state index < -0.39 is 0 Å². The van der Waals surface area contributed by atoms with Gasteiger partial charge in [-0.15, -0.1) is 0 Å². The van der Waals surface area contributed by atoms with Crippen LogP contribution in [-0.2, 0) is 11.2 Å². The zero-order valence-electron chi connectivity index (χ0n) is 17.5. The summed E-state index contributed by atoms with van der Waals surface area (Å²) in [6.45, 7) is 2.61. The van der Waals surface area contributed by atoms with Gasteiger partial charge < -0.3 is 19.2 Å². The van der Waals surface area contributed by atoms with Crippen LogP contribution < -0.4 is 14.8 Å². The van der Waals surface area contributed by atoms with Crippen LogP contribution in [0.2, 0.25) is 0 Å². The summed E-state index contributed by atoms with van der Waals surface area (Å²) in [7, 11) is 3.31. The molecule has 1 fully saturated rings. The van der Waals surface area contributed by atoms with E-state index in [0.717, 1.165) is 46.7 Å². The normalized spacial score (nSPS) is 15.3. The van der Waals surface area contributed by atoms with E-state index in [9.17, 15) is 4.79 Å². The molecule has 1 aliphatic rings. The van der Waals surface area contributed by atoms with Crippen LogP contribution in [0.3, 0.4) is 0 Å². The van der Waals surface area contributed by atoms with Crippen molar-refractivity contribution >= 4 is 16.9 Å². The monoisotopic (exact) mass is 408 g/mol. The van der Waals surface area contributed by atoms with E-state index in [1.54, 1.807) is 20.5 Å². The third-order valence-electron chi connectivity index (χ3n) is 5.79. The molecule has 30 heavy (non-hydrogen) atoms. The number of likely N-dealkylation sites (tertiary alicyclic amines) is 1. The molecule has 1 aromatic heterocycles. The van der Waals surface area contributed by atoms with Crippen molar-refractivity contribution in [1.82, 2.24) is 10.2 Å². The predicted octanol–water partition coefficient (Wildman–Crippen LogP) is 3.95. The van der Waals surface area contributed by atoms with Crippen molar-refractivity contribution in [3.8, 4) is 11.5 Å². The van der Waals surface area contributed by atoms with Crippen LogP contribution in [0.1, 0.15) is 30.0 Å². The first kappa shape index (κ1) is 20.3. The van der Waals surface area contributed by atoms with Crippen molar-refractivity contribution in [3.63, 3.8) is 0 Å². The quantitative estimate of drug-likeness (QED) is 0.612. The second kappa shape index (κ2) is 9.22. The van der Waals surface area contributed by atoms with Gasteiger partial charge in [0.1, 0.15) is 17.1 Å². The van der Waals surface area contributed by atoms with Gasteiger partial charge in [-0.1, -0.05) is 18.2 Å². The number of nitrogens with zero attached hydrogens (tertiary/aromatic N) is 1. The maximum absolute atomic E-state index is 12.8. The third-order valence-corrected chi connectivity index (χ3v) is 5.79. The van der Waals surface area contributed by atoms with Gasteiger partial charge in [0.2, 0.25) is 5.91 Å². The van der Waals surface area contributed by atoms with Gasteiger partial charge in [-0.05, 0) is 44.1 Å². The number of fused-ring (bicyclic) bond motifs is 1. The number of furan rings is 1. The smallest absolute Gasteiger partial charge is 0.224 e. The highest BCUT2D eigenvalue weighted by molar-refractivity contribution is 5.88. The molecule has 0 spiro atoms. The van der Waals surface area contributed by atoms with Crippen LogP contribution in [0.15, 0.2) is 53.1 Å². The SMILES string of the molecule is COc1ccc2c(CC(=O)NCC(c3ccccc3OC)N3CCCC3)coc2c1. The lowest BCUT2D eigenvalue weighted by Gasteiger charge is -2.29. The molecule has 3 aromatic rings. The van der Waals surface area contributed by atoms with Gasteiger partial charge in [0.25, 0.3) is 0 Å². The summed E-state index contributed by atoms with van der Waals surface area (Å²) in [6.07, 6.45) is 4.30. The molecule has 0 aliphatic carbocycles. The largest absolute Gasteiger partial charge is 0.497 e. The van der Waals surface area contributed by atoms with Gasteiger partial charge in [-0.25, -0.2) is 0 Å². The van der Waals surface area contributed by atoms with Gasteiger partial charge in [0.15, 0.2) is 0 Å². The van der Waals surface area contributed by atoms with E-state index in [-0.39, 0.29) is 18.4 Å². The van der Waals surface area contributed by atoms with E-state index in [1.165, 1.54) is 12.8 Å². The number of carbonyl (C=O) groups excluding carboxylic acids is 1. The molecular weight excluding hydrogens is 380 g/mol. The molecule has 1 aliphatic heterocycles. The van der Waals surface area contributed by atoms with Gasteiger partial charge in [0.05, 0.1) is 32.9 Å². The second-order valence-corrected chi connectivity index (χ2v) is 7.60. The number of rotatable bonds is 8. The first-order valence-corrected chi connectivity index (χ1v) is 10.4. The average Bonchev–Trinajstić information content (AvgIpc) is 3.44. The van der Waals surface area contributed by atoms with Crippen molar-refractivity contribution in [2.45, 2.75) is 25.3 Å². The molecule has 2 heterocycles. The highest BCUT2D eigenvalue weighted by Crippen LogP contribution is 2.31. The van der Waals surface area contributed by atoms with Crippen LogP contribution in [0.5, 0.6) is 11.5 Å². The standard InChI is InChI=1S/C24H28N2O4/c1-28-18-9-10-19-17(16-30-23(19)14-18)13-24(27)25-15-21(26-11-5-6-12-26)20-7-3-4-8-22(20)29-2/h3-4,7-10,14,16,21H,5-6,11-13,15H2,1-2H3,(H,25,27). The zero-order valence-corrected chi connectivity index (χ0v) is 17.5. The lowest BCUT2D eigenvalue weighted by molar-refractivity contribution is -0.120. The topological polar surface area (TPSA) is 63.9 Å². The first-order valence-electron chi connectivity index (χ1n) is 10.4. The Bertz CT molecular complexity index is 1010. The lowest BCUT2D eigenvalue weighted by Crippen LogP contribution is -2.37.